The normalized spacial score (nSPS) is 23.6. The molecule has 0 bridgehead atoms. The Bertz CT molecular complexity index is 405. The van der Waals surface area contributed by atoms with E-state index < -0.39 is 5.97 Å². The van der Waals surface area contributed by atoms with Crippen molar-refractivity contribution in [2.45, 2.75) is 32.2 Å². The highest BCUT2D eigenvalue weighted by Gasteiger charge is 2.29. The molecule has 5 heteroatoms. The zero-order valence-corrected chi connectivity index (χ0v) is 10.1. The predicted octanol–water partition coefficient (Wildman–Crippen LogP) is 1.79. The van der Waals surface area contributed by atoms with Gasteiger partial charge in [-0.3, -0.25) is 9.59 Å². The lowest BCUT2D eigenvalue weighted by atomic mass is 9.81. The minimum absolute atomic E-state index is 0.00441. The molecule has 1 aliphatic rings. The average molecular weight is 251 g/mol. The number of aliphatic carboxylic acids is 1. The highest BCUT2D eigenvalue weighted by Crippen LogP contribution is 2.29. The summed E-state index contributed by atoms with van der Waals surface area (Å²) >= 11 is 0. The molecule has 0 radical (unpaired) electrons. The first-order chi connectivity index (χ1) is 8.66. The number of hydrogen-bond donors (Lipinski definition) is 2. The maximum Gasteiger partial charge on any atom is 0.306 e. The van der Waals surface area contributed by atoms with Crippen molar-refractivity contribution >= 4 is 11.9 Å². The summed E-state index contributed by atoms with van der Waals surface area (Å²) in [6.45, 7) is 0.394. The molecule has 1 amide bonds. The van der Waals surface area contributed by atoms with Crippen molar-refractivity contribution in [1.82, 2.24) is 5.32 Å². The molecule has 2 N–H and O–H groups in total. The van der Waals surface area contributed by atoms with Crippen LogP contribution in [0.25, 0.3) is 0 Å². The minimum atomic E-state index is -0.746. The molecule has 1 saturated carbocycles. The first-order valence-electron chi connectivity index (χ1n) is 6.19. The van der Waals surface area contributed by atoms with E-state index in [1.54, 1.807) is 12.3 Å². The maximum atomic E-state index is 11.9. The van der Waals surface area contributed by atoms with Crippen molar-refractivity contribution in [3.05, 3.63) is 24.2 Å². The van der Waals surface area contributed by atoms with Crippen molar-refractivity contribution < 1.29 is 19.1 Å². The standard InChI is InChI=1S/C13H17NO4/c15-12(14-8-11-2-1-7-18-11)9-3-5-10(6-4-9)13(16)17/h1-2,7,9-10H,3-6,8H2,(H,14,15)(H,16,17). The van der Waals surface area contributed by atoms with Gasteiger partial charge in [0, 0.05) is 5.92 Å². The highest BCUT2D eigenvalue weighted by molar-refractivity contribution is 5.79. The highest BCUT2D eigenvalue weighted by atomic mass is 16.4. The molecule has 1 fully saturated rings. The van der Waals surface area contributed by atoms with E-state index in [9.17, 15) is 9.59 Å². The molecule has 0 saturated heterocycles. The Morgan fingerprint density at radius 2 is 1.94 bits per heavy atom. The topological polar surface area (TPSA) is 79.5 Å². The quantitative estimate of drug-likeness (QED) is 0.855. The molecule has 0 aromatic carbocycles. The van der Waals surface area contributed by atoms with E-state index in [-0.39, 0.29) is 17.7 Å². The molecule has 1 heterocycles. The molecule has 1 aromatic rings. The van der Waals surface area contributed by atoms with Crippen molar-refractivity contribution in [2.75, 3.05) is 0 Å². The number of rotatable bonds is 4. The Morgan fingerprint density at radius 1 is 1.28 bits per heavy atom. The van der Waals surface area contributed by atoms with Gasteiger partial charge >= 0.3 is 5.97 Å². The molecule has 0 atom stereocenters. The van der Waals surface area contributed by atoms with Crippen LogP contribution in [0.2, 0.25) is 0 Å². The molecule has 1 aromatic heterocycles. The van der Waals surface area contributed by atoms with Crippen LogP contribution in [0.4, 0.5) is 0 Å². The van der Waals surface area contributed by atoms with Gasteiger partial charge in [0.05, 0.1) is 18.7 Å². The van der Waals surface area contributed by atoms with Crippen LogP contribution in [0.5, 0.6) is 0 Å². The van der Waals surface area contributed by atoms with Crippen LogP contribution in [0.3, 0.4) is 0 Å². The van der Waals surface area contributed by atoms with E-state index in [1.165, 1.54) is 0 Å². The molecule has 2 rings (SSSR count). The van der Waals surface area contributed by atoms with Crippen molar-refractivity contribution in [2.24, 2.45) is 11.8 Å². The van der Waals surface area contributed by atoms with Crippen molar-refractivity contribution in [1.29, 1.82) is 0 Å². The summed E-state index contributed by atoms with van der Waals surface area (Å²) in [7, 11) is 0. The number of nitrogens with one attached hydrogen (secondary N) is 1. The van der Waals surface area contributed by atoms with E-state index in [1.807, 2.05) is 6.07 Å². The number of carboxylic acid groups (broad SMARTS) is 1. The van der Waals surface area contributed by atoms with Gasteiger partial charge < -0.3 is 14.8 Å². The van der Waals surface area contributed by atoms with Crippen LogP contribution in [-0.2, 0) is 16.1 Å². The van der Waals surface area contributed by atoms with Crippen LogP contribution in [0.15, 0.2) is 22.8 Å². The molecular weight excluding hydrogens is 234 g/mol. The van der Waals surface area contributed by atoms with Crippen LogP contribution in [0.1, 0.15) is 31.4 Å². The predicted molar refractivity (Wildman–Crippen MR) is 63.6 cm³/mol. The molecule has 1 aliphatic carbocycles. The number of furan rings is 1. The van der Waals surface area contributed by atoms with Gasteiger partial charge in [-0.05, 0) is 37.8 Å². The summed E-state index contributed by atoms with van der Waals surface area (Å²) in [5, 5.41) is 11.7. The Morgan fingerprint density at radius 3 is 2.50 bits per heavy atom. The third-order valence-electron chi connectivity index (χ3n) is 3.46. The van der Waals surface area contributed by atoms with Crippen LogP contribution >= 0.6 is 0 Å². The lowest BCUT2D eigenvalue weighted by Crippen LogP contribution is -2.33. The van der Waals surface area contributed by atoms with Crippen molar-refractivity contribution in [3.63, 3.8) is 0 Å². The van der Waals surface area contributed by atoms with E-state index in [4.69, 9.17) is 9.52 Å². The smallest absolute Gasteiger partial charge is 0.306 e. The molecule has 5 nitrogen and oxygen atoms in total. The van der Waals surface area contributed by atoms with Gasteiger partial charge in [0.25, 0.3) is 0 Å². The third kappa shape index (κ3) is 3.12. The number of hydrogen-bond acceptors (Lipinski definition) is 3. The first kappa shape index (κ1) is 12.7. The number of carboxylic acids is 1. The van der Waals surface area contributed by atoms with Gasteiger partial charge in [0.1, 0.15) is 5.76 Å². The van der Waals surface area contributed by atoms with E-state index in [2.05, 4.69) is 5.32 Å². The summed E-state index contributed by atoms with van der Waals surface area (Å²) in [4.78, 5) is 22.7. The molecular formula is C13H17NO4. The van der Waals surface area contributed by atoms with E-state index in [0.29, 0.717) is 32.2 Å². The summed E-state index contributed by atoms with van der Waals surface area (Å²) in [6, 6.07) is 3.58. The van der Waals surface area contributed by atoms with Gasteiger partial charge in [-0.15, -0.1) is 0 Å². The fourth-order valence-corrected chi connectivity index (χ4v) is 2.33. The largest absolute Gasteiger partial charge is 0.481 e. The zero-order valence-electron chi connectivity index (χ0n) is 10.1. The maximum absolute atomic E-state index is 11.9. The van der Waals surface area contributed by atoms with Crippen LogP contribution < -0.4 is 5.32 Å². The van der Waals surface area contributed by atoms with E-state index >= 15 is 0 Å². The van der Waals surface area contributed by atoms with Crippen molar-refractivity contribution in [3.8, 4) is 0 Å². The first-order valence-corrected chi connectivity index (χ1v) is 6.19. The Labute approximate surface area is 105 Å². The average Bonchev–Trinajstić information content (AvgIpc) is 2.89. The molecule has 98 valence electrons. The fourth-order valence-electron chi connectivity index (χ4n) is 2.33. The van der Waals surface area contributed by atoms with Crippen LogP contribution in [-0.4, -0.2) is 17.0 Å². The number of carbonyl (C=O) groups excluding carboxylic acids is 1. The molecule has 0 unspecified atom stereocenters. The second kappa shape index (κ2) is 5.71. The number of carbonyl (C=O) groups is 2. The SMILES string of the molecule is O=C(O)C1CCC(C(=O)NCc2ccco2)CC1. The zero-order chi connectivity index (χ0) is 13.0. The number of amides is 1. The molecule has 18 heavy (non-hydrogen) atoms. The van der Waals surface area contributed by atoms with E-state index in [0.717, 1.165) is 5.76 Å². The molecule has 0 aliphatic heterocycles. The monoisotopic (exact) mass is 251 g/mol. The Hall–Kier alpha value is -1.78. The fraction of sp³-hybridized carbons (Fsp3) is 0.538. The van der Waals surface area contributed by atoms with Gasteiger partial charge in [0.15, 0.2) is 0 Å². The van der Waals surface area contributed by atoms with Gasteiger partial charge in [-0.1, -0.05) is 0 Å². The lowest BCUT2D eigenvalue weighted by Gasteiger charge is -2.25. The van der Waals surface area contributed by atoms with Crippen LogP contribution in [0, 0.1) is 11.8 Å². The van der Waals surface area contributed by atoms with Gasteiger partial charge in [0.2, 0.25) is 5.91 Å². The third-order valence-corrected chi connectivity index (χ3v) is 3.46. The molecule has 0 spiro atoms. The minimum Gasteiger partial charge on any atom is -0.481 e. The summed E-state index contributed by atoms with van der Waals surface area (Å²) < 4.78 is 5.13. The lowest BCUT2D eigenvalue weighted by molar-refractivity contribution is -0.144. The second-order valence-corrected chi connectivity index (χ2v) is 4.68. The summed E-state index contributed by atoms with van der Waals surface area (Å²) in [5.41, 5.74) is 0. The summed E-state index contributed by atoms with van der Waals surface area (Å²) in [6.07, 6.45) is 4.06. The second-order valence-electron chi connectivity index (χ2n) is 4.68. The Balaban J connectivity index is 1.75. The Kier molecular flexibility index (Phi) is 4.02. The van der Waals surface area contributed by atoms with Gasteiger partial charge in [-0.2, -0.15) is 0 Å². The van der Waals surface area contributed by atoms with Gasteiger partial charge in [-0.25, -0.2) is 0 Å². The summed E-state index contributed by atoms with van der Waals surface area (Å²) in [5.74, 6) is -0.364.